The summed E-state index contributed by atoms with van der Waals surface area (Å²) in [5.74, 6) is 0.812. The number of nitrogens with zero attached hydrogens (tertiary/aromatic N) is 2. The molecule has 114 valence electrons. The average molecular weight is 302 g/mol. The summed E-state index contributed by atoms with van der Waals surface area (Å²) in [5, 5.41) is 8.98. The van der Waals surface area contributed by atoms with Gasteiger partial charge in [-0.05, 0) is 35.4 Å². The average Bonchev–Trinajstić information content (AvgIpc) is 2.64. The standard InChI is InChI=1S/C20H18N2O/c1-23-19-14-12-18(13-15-19)21-22-20(16-8-4-2-5-9-16)17-10-6-3-7-11-17/h2-15,20H,1H3. The van der Waals surface area contributed by atoms with Crippen LogP contribution in [0.15, 0.2) is 95.2 Å². The van der Waals surface area contributed by atoms with Gasteiger partial charge in [0, 0.05) is 0 Å². The first-order valence-electron chi connectivity index (χ1n) is 7.51. The van der Waals surface area contributed by atoms with Crippen LogP contribution in [0.3, 0.4) is 0 Å². The van der Waals surface area contributed by atoms with E-state index >= 15 is 0 Å². The van der Waals surface area contributed by atoms with Crippen LogP contribution in [0.25, 0.3) is 0 Å². The zero-order valence-corrected chi connectivity index (χ0v) is 13.0. The summed E-state index contributed by atoms with van der Waals surface area (Å²) < 4.78 is 5.16. The summed E-state index contributed by atoms with van der Waals surface area (Å²) in [6, 6.07) is 27.8. The normalized spacial score (nSPS) is 11.0. The van der Waals surface area contributed by atoms with E-state index in [1.807, 2.05) is 60.7 Å². The summed E-state index contributed by atoms with van der Waals surface area (Å²) in [6.07, 6.45) is 0. The van der Waals surface area contributed by atoms with Crippen molar-refractivity contribution >= 4 is 5.69 Å². The third-order valence-corrected chi connectivity index (χ3v) is 3.59. The zero-order chi connectivity index (χ0) is 15.9. The van der Waals surface area contributed by atoms with Gasteiger partial charge in [-0.15, -0.1) is 0 Å². The van der Waals surface area contributed by atoms with E-state index < -0.39 is 0 Å². The molecule has 3 aromatic rings. The van der Waals surface area contributed by atoms with Crippen molar-refractivity contribution in [2.75, 3.05) is 7.11 Å². The number of methoxy groups -OCH3 is 1. The summed E-state index contributed by atoms with van der Waals surface area (Å²) in [6.45, 7) is 0. The summed E-state index contributed by atoms with van der Waals surface area (Å²) in [7, 11) is 1.65. The van der Waals surface area contributed by atoms with Crippen molar-refractivity contribution in [1.29, 1.82) is 0 Å². The van der Waals surface area contributed by atoms with Gasteiger partial charge < -0.3 is 4.74 Å². The van der Waals surface area contributed by atoms with Crippen molar-refractivity contribution in [3.8, 4) is 5.75 Å². The second kappa shape index (κ2) is 7.36. The van der Waals surface area contributed by atoms with E-state index in [4.69, 9.17) is 4.74 Å². The van der Waals surface area contributed by atoms with E-state index in [1.165, 1.54) is 0 Å². The molecule has 0 aliphatic rings. The highest BCUT2D eigenvalue weighted by molar-refractivity contribution is 5.41. The molecule has 3 heteroatoms. The summed E-state index contributed by atoms with van der Waals surface area (Å²) in [5.41, 5.74) is 3.05. The molecule has 0 aromatic heterocycles. The van der Waals surface area contributed by atoms with Crippen LogP contribution in [0, 0.1) is 0 Å². The Labute approximate surface area is 136 Å². The Kier molecular flexibility index (Phi) is 4.79. The highest BCUT2D eigenvalue weighted by Gasteiger charge is 2.12. The fourth-order valence-electron chi connectivity index (χ4n) is 2.37. The minimum atomic E-state index is -0.112. The molecule has 0 bridgehead atoms. The summed E-state index contributed by atoms with van der Waals surface area (Å²) >= 11 is 0. The monoisotopic (exact) mass is 302 g/mol. The van der Waals surface area contributed by atoms with Gasteiger partial charge in [-0.3, -0.25) is 0 Å². The first kappa shape index (κ1) is 15.0. The van der Waals surface area contributed by atoms with E-state index in [-0.39, 0.29) is 6.04 Å². The van der Waals surface area contributed by atoms with Gasteiger partial charge >= 0.3 is 0 Å². The molecule has 0 amide bonds. The molecule has 0 radical (unpaired) electrons. The Morgan fingerprint density at radius 1 is 0.696 bits per heavy atom. The van der Waals surface area contributed by atoms with Crippen molar-refractivity contribution in [3.05, 3.63) is 96.1 Å². The Balaban J connectivity index is 1.91. The molecule has 0 atom stereocenters. The molecule has 0 aliphatic heterocycles. The van der Waals surface area contributed by atoms with Crippen LogP contribution in [0.2, 0.25) is 0 Å². The minimum Gasteiger partial charge on any atom is -0.497 e. The molecule has 0 fully saturated rings. The Morgan fingerprint density at radius 2 is 1.22 bits per heavy atom. The van der Waals surface area contributed by atoms with Crippen LogP contribution < -0.4 is 4.74 Å². The predicted molar refractivity (Wildman–Crippen MR) is 92.2 cm³/mol. The highest BCUT2D eigenvalue weighted by Crippen LogP contribution is 2.28. The lowest BCUT2D eigenvalue weighted by Crippen LogP contribution is -1.96. The van der Waals surface area contributed by atoms with E-state index in [1.54, 1.807) is 7.11 Å². The van der Waals surface area contributed by atoms with E-state index in [9.17, 15) is 0 Å². The molecule has 0 saturated heterocycles. The number of hydrogen-bond acceptors (Lipinski definition) is 3. The third kappa shape index (κ3) is 3.83. The van der Waals surface area contributed by atoms with Gasteiger partial charge in [0.1, 0.15) is 11.8 Å². The largest absolute Gasteiger partial charge is 0.497 e. The molecule has 0 aliphatic carbocycles. The van der Waals surface area contributed by atoms with Crippen molar-refractivity contribution in [3.63, 3.8) is 0 Å². The number of rotatable bonds is 5. The maximum Gasteiger partial charge on any atom is 0.121 e. The van der Waals surface area contributed by atoms with Gasteiger partial charge in [0.05, 0.1) is 12.8 Å². The van der Waals surface area contributed by atoms with Crippen molar-refractivity contribution in [2.24, 2.45) is 10.2 Å². The zero-order valence-electron chi connectivity index (χ0n) is 13.0. The van der Waals surface area contributed by atoms with E-state index in [0.717, 1.165) is 22.6 Å². The van der Waals surface area contributed by atoms with Crippen molar-refractivity contribution < 1.29 is 4.74 Å². The molecule has 3 aromatic carbocycles. The second-order valence-electron chi connectivity index (χ2n) is 5.14. The smallest absolute Gasteiger partial charge is 0.121 e. The van der Waals surface area contributed by atoms with E-state index in [2.05, 4.69) is 34.5 Å². The second-order valence-corrected chi connectivity index (χ2v) is 5.14. The first-order valence-corrected chi connectivity index (χ1v) is 7.51. The van der Waals surface area contributed by atoms with Crippen LogP contribution >= 0.6 is 0 Å². The van der Waals surface area contributed by atoms with Crippen molar-refractivity contribution in [2.45, 2.75) is 6.04 Å². The molecular formula is C20H18N2O. The van der Waals surface area contributed by atoms with E-state index in [0.29, 0.717) is 0 Å². The quantitative estimate of drug-likeness (QED) is 0.567. The molecule has 23 heavy (non-hydrogen) atoms. The highest BCUT2D eigenvalue weighted by atomic mass is 16.5. The van der Waals surface area contributed by atoms with Crippen LogP contribution in [-0.4, -0.2) is 7.11 Å². The predicted octanol–water partition coefficient (Wildman–Crippen LogP) is 5.57. The number of azo groups is 1. The molecule has 3 nitrogen and oxygen atoms in total. The van der Waals surface area contributed by atoms with Gasteiger partial charge in [0.15, 0.2) is 0 Å². The molecule has 0 heterocycles. The molecule has 0 unspecified atom stereocenters. The SMILES string of the molecule is COc1ccc(N=NC(c2ccccc2)c2ccccc2)cc1. The number of benzene rings is 3. The van der Waals surface area contributed by atoms with Gasteiger partial charge in [-0.25, -0.2) is 0 Å². The lowest BCUT2D eigenvalue weighted by molar-refractivity contribution is 0.415. The first-order chi connectivity index (χ1) is 11.4. The Hall–Kier alpha value is -2.94. The number of ether oxygens (including phenoxy) is 1. The maximum absolute atomic E-state index is 5.16. The van der Waals surface area contributed by atoms with Gasteiger partial charge in [0.2, 0.25) is 0 Å². The van der Waals surface area contributed by atoms with Crippen LogP contribution in [-0.2, 0) is 0 Å². The summed E-state index contributed by atoms with van der Waals surface area (Å²) in [4.78, 5) is 0. The van der Waals surface area contributed by atoms with Gasteiger partial charge in [-0.1, -0.05) is 60.7 Å². The maximum atomic E-state index is 5.16. The van der Waals surface area contributed by atoms with Crippen LogP contribution in [0.4, 0.5) is 5.69 Å². The Bertz CT molecular complexity index is 713. The molecule has 0 spiro atoms. The third-order valence-electron chi connectivity index (χ3n) is 3.59. The fourth-order valence-corrected chi connectivity index (χ4v) is 2.37. The van der Waals surface area contributed by atoms with Crippen LogP contribution in [0.5, 0.6) is 5.75 Å². The Morgan fingerprint density at radius 3 is 1.70 bits per heavy atom. The molecule has 0 N–H and O–H groups in total. The lowest BCUT2D eigenvalue weighted by atomic mass is 10.00. The minimum absolute atomic E-state index is 0.112. The molecule has 0 saturated carbocycles. The fraction of sp³-hybridized carbons (Fsp3) is 0.100. The number of hydrogen-bond donors (Lipinski definition) is 0. The lowest BCUT2D eigenvalue weighted by Gasteiger charge is -2.12. The topological polar surface area (TPSA) is 34.0 Å². The van der Waals surface area contributed by atoms with Crippen molar-refractivity contribution in [1.82, 2.24) is 0 Å². The molecular weight excluding hydrogens is 284 g/mol. The van der Waals surface area contributed by atoms with Crippen LogP contribution in [0.1, 0.15) is 17.2 Å². The molecule has 3 rings (SSSR count). The van der Waals surface area contributed by atoms with Gasteiger partial charge in [0.25, 0.3) is 0 Å². The van der Waals surface area contributed by atoms with Gasteiger partial charge in [-0.2, -0.15) is 10.2 Å².